The van der Waals surface area contributed by atoms with E-state index in [1.807, 2.05) is 0 Å². The van der Waals surface area contributed by atoms with Crippen LogP contribution < -0.4 is 4.72 Å². The van der Waals surface area contributed by atoms with Crippen molar-refractivity contribution in [1.82, 2.24) is 24.9 Å². The Kier molecular flexibility index (Phi) is 5.14. The van der Waals surface area contributed by atoms with Crippen molar-refractivity contribution in [1.29, 1.82) is 0 Å². The number of amides is 1. The molecule has 0 atom stereocenters. The number of sulfonamides is 1. The molecular weight excluding hydrogens is 374 g/mol. The molecule has 0 saturated carbocycles. The first-order chi connectivity index (χ1) is 12.4. The fourth-order valence-corrected chi connectivity index (χ4v) is 4.30. The Morgan fingerprint density at radius 2 is 2.00 bits per heavy atom. The van der Waals surface area contributed by atoms with Crippen molar-refractivity contribution >= 4 is 27.3 Å². The Hall–Kier alpha value is -2.59. The van der Waals surface area contributed by atoms with E-state index in [9.17, 15) is 13.2 Å². The number of H-pyrrole nitrogens is 1. The molecule has 2 N–H and O–H groups in total. The molecule has 0 aliphatic heterocycles. The van der Waals surface area contributed by atoms with Gasteiger partial charge in [-0.3, -0.25) is 9.89 Å². The second-order valence-electron chi connectivity index (χ2n) is 5.60. The second kappa shape index (κ2) is 7.34. The maximum Gasteiger partial charge on any atom is 0.277 e. The Bertz CT molecular complexity index is 1010. The minimum atomic E-state index is -3.96. The number of benzene rings is 1. The molecule has 1 aromatic carbocycles. The van der Waals surface area contributed by atoms with Gasteiger partial charge < -0.3 is 0 Å². The van der Waals surface area contributed by atoms with Crippen molar-refractivity contribution in [3.63, 3.8) is 0 Å². The van der Waals surface area contributed by atoms with Gasteiger partial charge in [-0.2, -0.15) is 5.10 Å². The summed E-state index contributed by atoms with van der Waals surface area (Å²) in [6, 6.07) is 6.51. The van der Waals surface area contributed by atoms with Crippen molar-refractivity contribution in [3.05, 3.63) is 46.7 Å². The van der Waals surface area contributed by atoms with Crippen LogP contribution in [0.25, 0.3) is 10.8 Å². The number of carbonyl (C=O) groups is 1. The third-order valence-corrected chi connectivity index (χ3v) is 6.13. The number of nitrogens with one attached hydrogen (secondary N) is 2. The van der Waals surface area contributed by atoms with Crippen LogP contribution in [0, 0.1) is 6.92 Å². The first-order valence-corrected chi connectivity index (χ1v) is 10.2. The molecule has 0 bridgehead atoms. The first kappa shape index (κ1) is 18.2. The molecule has 26 heavy (non-hydrogen) atoms. The zero-order chi connectivity index (χ0) is 18.7. The molecule has 1 amide bonds. The lowest BCUT2D eigenvalue weighted by atomic mass is 10.1. The molecule has 0 saturated heterocycles. The summed E-state index contributed by atoms with van der Waals surface area (Å²) in [4.78, 5) is 20.9. The molecule has 0 spiro atoms. The standard InChI is InChI=1S/C16H17N5O3S2/c1-3-4-11-5-7-12(8-6-11)26(23,24)21-15(22)13-10(2)19-16(25-13)14-17-9-18-20-14/h5-9H,3-4H2,1-2H3,(H,21,22)(H,17,18,20). The number of rotatable bonds is 6. The zero-order valence-electron chi connectivity index (χ0n) is 14.2. The van der Waals surface area contributed by atoms with E-state index in [2.05, 4.69) is 31.8 Å². The number of aromatic nitrogens is 4. The van der Waals surface area contributed by atoms with Crippen LogP contribution in [0.1, 0.15) is 34.3 Å². The second-order valence-corrected chi connectivity index (χ2v) is 8.28. The predicted molar refractivity (Wildman–Crippen MR) is 97.3 cm³/mol. The average molecular weight is 391 g/mol. The summed E-state index contributed by atoms with van der Waals surface area (Å²) in [5.74, 6) is -0.296. The summed E-state index contributed by atoms with van der Waals surface area (Å²) in [5.41, 5.74) is 1.47. The van der Waals surface area contributed by atoms with E-state index in [1.165, 1.54) is 18.5 Å². The number of thiazole rings is 1. The molecule has 0 radical (unpaired) electrons. The van der Waals surface area contributed by atoms with Gasteiger partial charge in [-0.25, -0.2) is 23.1 Å². The predicted octanol–water partition coefficient (Wildman–Crippen LogP) is 2.31. The zero-order valence-corrected chi connectivity index (χ0v) is 15.8. The number of aryl methyl sites for hydroxylation is 2. The van der Waals surface area contributed by atoms with Crippen LogP contribution in [-0.4, -0.2) is 34.5 Å². The average Bonchev–Trinajstić information content (AvgIpc) is 3.24. The number of aromatic amines is 1. The fourth-order valence-electron chi connectivity index (χ4n) is 2.37. The van der Waals surface area contributed by atoms with E-state index in [0.29, 0.717) is 16.5 Å². The van der Waals surface area contributed by atoms with Crippen LogP contribution in [0.2, 0.25) is 0 Å². The van der Waals surface area contributed by atoms with Gasteiger partial charge in [0, 0.05) is 0 Å². The van der Waals surface area contributed by atoms with E-state index in [-0.39, 0.29) is 9.77 Å². The molecule has 3 rings (SSSR count). The highest BCUT2D eigenvalue weighted by atomic mass is 32.2. The molecule has 136 valence electrons. The SMILES string of the molecule is CCCc1ccc(S(=O)(=O)NC(=O)c2sc(-c3ncn[nH]3)nc2C)cc1. The molecule has 0 fully saturated rings. The van der Waals surface area contributed by atoms with Crippen molar-refractivity contribution in [3.8, 4) is 10.8 Å². The largest absolute Gasteiger partial charge is 0.277 e. The van der Waals surface area contributed by atoms with Gasteiger partial charge in [0.25, 0.3) is 15.9 Å². The summed E-state index contributed by atoms with van der Waals surface area (Å²) < 4.78 is 27.0. The molecule has 3 aromatic rings. The summed E-state index contributed by atoms with van der Waals surface area (Å²) in [5, 5.41) is 6.86. The van der Waals surface area contributed by atoms with Crippen molar-refractivity contribution in [2.24, 2.45) is 0 Å². The van der Waals surface area contributed by atoms with Gasteiger partial charge in [0.1, 0.15) is 11.2 Å². The third kappa shape index (κ3) is 3.81. The van der Waals surface area contributed by atoms with Crippen molar-refractivity contribution in [2.45, 2.75) is 31.6 Å². The Morgan fingerprint density at radius 3 is 2.62 bits per heavy atom. The summed E-state index contributed by atoms with van der Waals surface area (Å²) in [7, 11) is -3.96. The lowest BCUT2D eigenvalue weighted by Gasteiger charge is -2.07. The van der Waals surface area contributed by atoms with Gasteiger partial charge in [-0.05, 0) is 31.0 Å². The third-order valence-electron chi connectivity index (χ3n) is 3.62. The van der Waals surface area contributed by atoms with Gasteiger partial charge >= 0.3 is 0 Å². The highest BCUT2D eigenvalue weighted by Gasteiger charge is 2.23. The van der Waals surface area contributed by atoms with E-state index in [4.69, 9.17) is 0 Å². The van der Waals surface area contributed by atoms with Crippen LogP contribution >= 0.6 is 11.3 Å². The number of hydrogen-bond acceptors (Lipinski definition) is 7. The first-order valence-electron chi connectivity index (χ1n) is 7.90. The Morgan fingerprint density at radius 1 is 1.27 bits per heavy atom. The lowest BCUT2D eigenvalue weighted by molar-refractivity contribution is 0.0984. The number of carbonyl (C=O) groups excluding carboxylic acids is 1. The lowest BCUT2D eigenvalue weighted by Crippen LogP contribution is -2.30. The molecule has 0 unspecified atom stereocenters. The molecule has 2 heterocycles. The summed E-state index contributed by atoms with van der Waals surface area (Å²) in [6.45, 7) is 3.69. The molecule has 0 aliphatic rings. The van der Waals surface area contributed by atoms with E-state index >= 15 is 0 Å². The summed E-state index contributed by atoms with van der Waals surface area (Å²) >= 11 is 1.05. The Labute approximate surface area is 154 Å². The summed E-state index contributed by atoms with van der Waals surface area (Å²) in [6.07, 6.45) is 3.18. The fraction of sp³-hybridized carbons (Fsp3) is 0.250. The van der Waals surface area contributed by atoms with E-state index in [0.717, 1.165) is 29.7 Å². The molecular formula is C16H17N5O3S2. The molecule has 10 heteroatoms. The quantitative estimate of drug-likeness (QED) is 0.666. The number of nitrogens with zero attached hydrogens (tertiary/aromatic N) is 3. The topological polar surface area (TPSA) is 118 Å². The highest BCUT2D eigenvalue weighted by molar-refractivity contribution is 7.90. The minimum absolute atomic E-state index is 0.0447. The monoisotopic (exact) mass is 391 g/mol. The van der Waals surface area contributed by atoms with Crippen LogP contribution in [0.4, 0.5) is 0 Å². The van der Waals surface area contributed by atoms with Gasteiger partial charge in [-0.15, -0.1) is 11.3 Å². The van der Waals surface area contributed by atoms with Crippen LogP contribution in [-0.2, 0) is 16.4 Å². The molecule has 8 nitrogen and oxygen atoms in total. The minimum Gasteiger partial charge on any atom is -0.267 e. The van der Waals surface area contributed by atoms with Gasteiger partial charge in [0.2, 0.25) is 0 Å². The van der Waals surface area contributed by atoms with Crippen LogP contribution in [0.5, 0.6) is 0 Å². The molecule has 2 aromatic heterocycles. The van der Waals surface area contributed by atoms with Crippen LogP contribution in [0.15, 0.2) is 35.5 Å². The van der Waals surface area contributed by atoms with E-state index < -0.39 is 15.9 Å². The molecule has 0 aliphatic carbocycles. The highest BCUT2D eigenvalue weighted by Crippen LogP contribution is 2.25. The van der Waals surface area contributed by atoms with Crippen molar-refractivity contribution in [2.75, 3.05) is 0 Å². The van der Waals surface area contributed by atoms with Gasteiger partial charge in [0.05, 0.1) is 10.6 Å². The maximum absolute atomic E-state index is 12.5. The van der Waals surface area contributed by atoms with Gasteiger partial charge in [0.15, 0.2) is 10.8 Å². The van der Waals surface area contributed by atoms with Crippen LogP contribution in [0.3, 0.4) is 0 Å². The maximum atomic E-state index is 12.5. The normalized spacial score (nSPS) is 11.5. The van der Waals surface area contributed by atoms with Crippen molar-refractivity contribution < 1.29 is 13.2 Å². The Balaban J connectivity index is 1.80. The van der Waals surface area contributed by atoms with E-state index in [1.54, 1.807) is 19.1 Å². The van der Waals surface area contributed by atoms with Gasteiger partial charge in [-0.1, -0.05) is 25.5 Å². The number of hydrogen-bond donors (Lipinski definition) is 2. The smallest absolute Gasteiger partial charge is 0.267 e.